The molecule has 0 bridgehead atoms. The second kappa shape index (κ2) is 13.5. The zero-order valence-corrected chi connectivity index (χ0v) is 25.8. The molecule has 4 rings (SSSR count). The first-order chi connectivity index (χ1) is 17.7. The van der Waals surface area contributed by atoms with Crippen LogP contribution in [0.2, 0.25) is 0 Å². The summed E-state index contributed by atoms with van der Waals surface area (Å²) >= 11 is 9.56. The van der Waals surface area contributed by atoms with Gasteiger partial charge in [-0.1, -0.05) is 35.4 Å². The third-order valence-electron chi connectivity index (χ3n) is 4.55. The highest BCUT2D eigenvalue weighted by molar-refractivity contribution is 9.09. The fourth-order valence-electron chi connectivity index (χ4n) is 2.84. The van der Waals surface area contributed by atoms with Crippen molar-refractivity contribution in [3.63, 3.8) is 0 Å². The number of ether oxygens (including phenoxy) is 2. The highest BCUT2D eigenvalue weighted by atomic mass is 79.9. The van der Waals surface area contributed by atoms with E-state index in [4.69, 9.17) is 9.47 Å². The number of halogens is 1. The van der Waals surface area contributed by atoms with E-state index in [1.54, 1.807) is 12.4 Å². The van der Waals surface area contributed by atoms with Crippen molar-refractivity contribution in [3.05, 3.63) is 49.9 Å². The molecule has 0 N–H and O–H groups in total. The molecule has 0 saturated heterocycles. The van der Waals surface area contributed by atoms with Crippen LogP contribution in [0.4, 0.5) is 0 Å². The van der Waals surface area contributed by atoms with Crippen LogP contribution in [0.5, 0.6) is 0 Å². The predicted octanol–water partition coefficient (Wildman–Crippen LogP) is 7.62. The average molecular weight is 642 g/mol. The molecule has 13 heteroatoms. The van der Waals surface area contributed by atoms with Gasteiger partial charge in [0, 0.05) is 23.2 Å². The van der Waals surface area contributed by atoms with E-state index in [2.05, 4.69) is 49.7 Å². The summed E-state index contributed by atoms with van der Waals surface area (Å²) in [6.07, 6.45) is 5.38. The number of esters is 2. The van der Waals surface area contributed by atoms with Gasteiger partial charge in [-0.25, -0.2) is 29.5 Å². The van der Waals surface area contributed by atoms with Gasteiger partial charge < -0.3 is 9.47 Å². The van der Waals surface area contributed by atoms with Crippen molar-refractivity contribution in [3.8, 4) is 20.0 Å². The van der Waals surface area contributed by atoms with E-state index in [9.17, 15) is 9.59 Å². The lowest BCUT2D eigenvalue weighted by molar-refractivity contribution is 0.0585. The van der Waals surface area contributed by atoms with Gasteiger partial charge in [0.1, 0.15) is 0 Å². The molecule has 0 amide bonds. The second-order valence-electron chi connectivity index (χ2n) is 7.99. The molecular weight excluding hydrogens is 616 g/mol. The van der Waals surface area contributed by atoms with Crippen LogP contribution in [0.25, 0.3) is 26.1 Å². The van der Waals surface area contributed by atoms with E-state index in [-0.39, 0.29) is 4.83 Å². The van der Waals surface area contributed by atoms with Crippen molar-refractivity contribution in [1.29, 1.82) is 0 Å². The Morgan fingerprint density at radius 3 is 1.84 bits per heavy atom. The highest BCUT2D eigenvalue weighted by Gasteiger charge is 2.26. The first kappa shape index (κ1) is 29.2. The zero-order valence-electron chi connectivity index (χ0n) is 21.0. The maximum Gasteiger partial charge on any atom is 0.358 e. The van der Waals surface area contributed by atoms with E-state index in [1.165, 1.54) is 59.6 Å². The fourth-order valence-corrected chi connectivity index (χ4v) is 7.02. The minimum absolute atomic E-state index is 0.0767. The van der Waals surface area contributed by atoms with Crippen molar-refractivity contribution in [1.82, 2.24) is 19.9 Å². The predicted molar refractivity (Wildman–Crippen MR) is 155 cm³/mol. The van der Waals surface area contributed by atoms with E-state index >= 15 is 0 Å². The summed E-state index contributed by atoms with van der Waals surface area (Å²) in [6.45, 7) is 8.13. The third kappa shape index (κ3) is 7.38. The standard InChI is InChI=1S/C12H13BrN2O2S2.C12H12N2O2S2/c1-6(2)7(13)9-8(12(16)17-3)15-11(19-9)10-14-4-5-18-10;1-7(2)6-8-9(12(15)16-3)14-11(18-8)10-13-4-5-17-10/h4-7H,1-3H3;4-6H,1-3H3. The lowest BCUT2D eigenvalue weighted by Gasteiger charge is -2.12. The number of methoxy groups -OCH3 is 2. The molecule has 8 nitrogen and oxygen atoms in total. The lowest BCUT2D eigenvalue weighted by atomic mass is 10.1. The molecule has 37 heavy (non-hydrogen) atoms. The molecule has 0 aliphatic heterocycles. The van der Waals surface area contributed by atoms with Gasteiger partial charge in [-0.15, -0.1) is 45.3 Å². The maximum atomic E-state index is 11.8. The van der Waals surface area contributed by atoms with Crippen LogP contribution in [-0.4, -0.2) is 46.1 Å². The zero-order chi connectivity index (χ0) is 27.1. The summed E-state index contributed by atoms with van der Waals surface area (Å²) in [6, 6.07) is 0. The van der Waals surface area contributed by atoms with Crippen LogP contribution in [-0.2, 0) is 9.47 Å². The quantitative estimate of drug-likeness (QED) is 0.150. The first-order valence-corrected chi connectivity index (χ1v) is 15.2. The van der Waals surface area contributed by atoms with Gasteiger partial charge in [-0.05, 0) is 25.8 Å². The number of rotatable bonds is 7. The first-order valence-electron chi connectivity index (χ1n) is 10.9. The highest BCUT2D eigenvalue weighted by Crippen LogP contribution is 2.40. The molecule has 196 valence electrons. The van der Waals surface area contributed by atoms with Crippen LogP contribution in [0.1, 0.15) is 63.3 Å². The SMILES string of the molecule is COC(=O)c1nc(-c2nccs2)sc1C(Br)C(C)C.COC(=O)c1nc(-c2nccs2)sc1C=C(C)C. The van der Waals surface area contributed by atoms with E-state index in [0.29, 0.717) is 17.3 Å². The molecule has 0 radical (unpaired) electrons. The Morgan fingerprint density at radius 2 is 1.38 bits per heavy atom. The fraction of sp³-hybridized carbons (Fsp3) is 0.333. The Balaban J connectivity index is 0.000000206. The Labute approximate surface area is 239 Å². The van der Waals surface area contributed by atoms with Gasteiger partial charge in [0.15, 0.2) is 31.4 Å². The lowest BCUT2D eigenvalue weighted by Crippen LogP contribution is -2.08. The Kier molecular flexibility index (Phi) is 10.6. The maximum absolute atomic E-state index is 11.8. The van der Waals surface area contributed by atoms with E-state index in [0.717, 1.165) is 35.4 Å². The van der Waals surface area contributed by atoms with Gasteiger partial charge in [-0.3, -0.25) is 0 Å². The number of hydrogen-bond acceptors (Lipinski definition) is 12. The summed E-state index contributed by atoms with van der Waals surface area (Å²) in [7, 11) is 2.73. The van der Waals surface area contributed by atoms with Crippen molar-refractivity contribution < 1.29 is 19.1 Å². The molecule has 0 aliphatic carbocycles. The summed E-state index contributed by atoms with van der Waals surface area (Å²) in [5.74, 6) is -0.464. The van der Waals surface area contributed by atoms with Gasteiger partial charge in [0.25, 0.3) is 0 Å². The summed E-state index contributed by atoms with van der Waals surface area (Å²) in [4.78, 5) is 42.4. The number of alkyl halides is 1. The Hall–Kier alpha value is -2.32. The van der Waals surface area contributed by atoms with Crippen LogP contribution < -0.4 is 0 Å². The number of aromatic nitrogens is 4. The Bertz CT molecular complexity index is 1360. The number of allylic oxidation sites excluding steroid dienone is 1. The Morgan fingerprint density at radius 1 is 0.865 bits per heavy atom. The van der Waals surface area contributed by atoms with Gasteiger partial charge in [0.05, 0.1) is 28.8 Å². The summed E-state index contributed by atoms with van der Waals surface area (Å²) in [5, 5.41) is 6.93. The van der Waals surface area contributed by atoms with E-state index in [1.807, 2.05) is 30.7 Å². The summed E-state index contributed by atoms with van der Waals surface area (Å²) < 4.78 is 9.55. The number of hydrogen-bond donors (Lipinski definition) is 0. The summed E-state index contributed by atoms with van der Waals surface area (Å²) in [5.41, 5.74) is 1.84. The molecule has 4 heterocycles. The molecule has 1 unspecified atom stereocenters. The number of carbonyl (C=O) groups is 2. The molecule has 1 atom stereocenters. The molecule has 0 aliphatic rings. The average Bonchev–Trinajstić information content (AvgIpc) is 3.68. The van der Waals surface area contributed by atoms with E-state index < -0.39 is 11.9 Å². The van der Waals surface area contributed by atoms with Crippen molar-refractivity contribution in [2.45, 2.75) is 32.5 Å². The topological polar surface area (TPSA) is 104 Å². The van der Waals surface area contributed by atoms with Crippen molar-refractivity contribution in [2.24, 2.45) is 5.92 Å². The minimum Gasteiger partial charge on any atom is -0.464 e. The van der Waals surface area contributed by atoms with Crippen LogP contribution >= 0.6 is 61.3 Å². The third-order valence-corrected chi connectivity index (χ3v) is 10.3. The minimum atomic E-state index is -0.415. The molecule has 0 spiro atoms. The van der Waals surface area contributed by atoms with Crippen LogP contribution in [0.15, 0.2) is 28.7 Å². The van der Waals surface area contributed by atoms with Crippen molar-refractivity contribution >= 4 is 79.3 Å². The molecular formula is C24H25BrN4O4S4. The molecule has 0 aromatic carbocycles. The molecule has 0 fully saturated rings. The molecule has 4 aromatic heterocycles. The largest absolute Gasteiger partial charge is 0.464 e. The van der Waals surface area contributed by atoms with Gasteiger partial charge >= 0.3 is 11.9 Å². The number of nitrogens with zero attached hydrogens (tertiary/aromatic N) is 4. The molecule has 0 saturated carbocycles. The van der Waals surface area contributed by atoms with Crippen LogP contribution in [0, 0.1) is 5.92 Å². The number of carbonyl (C=O) groups excluding carboxylic acids is 2. The van der Waals surface area contributed by atoms with Crippen LogP contribution in [0.3, 0.4) is 0 Å². The smallest absolute Gasteiger partial charge is 0.358 e. The monoisotopic (exact) mass is 640 g/mol. The van der Waals surface area contributed by atoms with Gasteiger partial charge in [-0.2, -0.15) is 0 Å². The van der Waals surface area contributed by atoms with Gasteiger partial charge in [0.2, 0.25) is 0 Å². The van der Waals surface area contributed by atoms with Crippen molar-refractivity contribution in [2.75, 3.05) is 14.2 Å². The number of thiazole rings is 4. The second-order valence-corrected chi connectivity index (χ2v) is 12.8. The molecule has 4 aromatic rings. The normalized spacial score (nSPS) is 11.5.